The van der Waals surface area contributed by atoms with Crippen molar-refractivity contribution in [3.8, 4) is 0 Å². The van der Waals surface area contributed by atoms with Crippen LogP contribution in [-0.2, 0) is 4.79 Å². The molecule has 1 amide bonds. The minimum atomic E-state index is -0.377. The highest BCUT2D eigenvalue weighted by Crippen LogP contribution is 2.27. The molecular formula is C15H12Cl2N4OS. The molecule has 0 fully saturated rings. The molecule has 118 valence electrons. The fourth-order valence-electron chi connectivity index (χ4n) is 1.94. The van der Waals surface area contributed by atoms with Crippen LogP contribution in [0.15, 0.2) is 47.8 Å². The predicted octanol–water partition coefficient (Wildman–Crippen LogP) is 4.16. The molecule has 0 aliphatic carbocycles. The Labute approximate surface area is 147 Å². The molecule has 0 unspecified atom stereocenters. The van der Waals surface area contributed by atoms with Crippen molar-refractivity contribution in [2.24, 2.45) is 0 Å². The molecule has 0 radical (unpaired) electrons. The maximum Gasteiger partial charge on any atom is 0.237 e. The molecule has 1 atom stereocenters. The number of aromatic nitrogens is 3. The summed E-state index contributed by atoms with van der Waals surface area (Å²) in [4.78, 5) is 12.3. The van der Waals surface area contributed by atoms with Gasteiger partial charge in [-0.05, 0) is 37.3 Å². The second kappa shape index (κ2) is 6.78. The lowest BCUT2D eigenvalue weighted by atomic mass is 10.3. The molecule has 5 nitrogen and oxygen atoms in total. The molecule has 0 saturated carbocycles. The summed E-state index contributed by atoms with van der Waals surface area (Å²) in [7, 11) is 0. The van der Waals surface area contributed by atoms with Crippen LogP contribution in [0.2, 0.25) is 10.0 Å². The van der Waals surface area contributed by atoms with Crippen LogP contribution in [0.4, 0.5) is 5.69 Å². The largest absolute Gasteiger partial charge is 0.324 e. The smallest absolute Gasteiger partial charge is 0.237 e. The number of benzene rings is 1. The van der Waals surface area contributed by atoms with Gasteiger partial charge in [0.05, 0.1) is 16.0 Å². The highest BCUT2D eigenvalue weighted by atomic mass is 35.5. The van der Waals surface area contributed by atoms with Crippen molar-refractivity contribution in [1.29, 1.82) is 0 Å². The average molecular weight is 367 g/mol. The minimum Gasteiger partial charge on any atom is -0.324 e. The Hall–Kier alpha value is -1.76. The summed E-state index contributed by atoms with van der Waals surface area (Å²) in [5, 5.41) is 12.2. The number of carbonyl (C=O) groups is 1. The number of thioether (sulfide) groups is 1. The van der Waals surface area contributed by atoms with E-state index in [4.69, 9.17) is 23.2 Å². The fraction of sp³-hybridized carbons (Fsp3) is 0.133. The maximum atomic E-state index is 12.3. The maximum absolute atomic E-state index is 12.3. The summed E-state index contributed by atoms with van der Waals surface area (Å²) in [5.41, 5.74) is 1.23. The van der Waals surface area contributed by atoms with Crippen LogP contribution in [0.1, 0.15) is 6.92 Å². The zero-order valence-corrected chi connectivity index (χ0v) is 14.4. The minimum absolute atomic E-state index is 0.188. The number of amides is 1. The van der Waals surface area contributed by atoms with Gasteiger partial charge in [0.2, 0.25) is 5.91 Å². The average Bonchev–Trinajstić information content (AvgIpc) is 2.94. The summed E-state index contributed by atoms with van der Waals surface area (Å²) >= 11 is 13.3. The molecular weight excluding hydrogens is 355 g/mol. The predicted molar refractivity (Wildman–Crippen MR) is 93.4 cm³/mol. The molecule has 0 saturated heterocycles. The number of carbonyl (C=O) groups excluding carboxylic acids is 1. The number of hydrogen-bond donors (Lipinski definition) is 1. The first kappa shape index (κ1) is 16.1. The number of pyridine rings is 1. The van der Waals surface area contributed by atoms with Crippen LogP contribution in [0, 0.1) is 0 Å². The highest BCUT2D eigenvalue weighted by Gasteiger charge is 2.18. The summed E-state index contributed by atoms with van der Waals surface area (Å²) < 4.78 is 1.83. The van der Waals surface area contributed by atoms with Gasteiger partial charge in [-0.15, -0.1) is 10.2 Å². The van der Waals surface area contributed by atoms with Gasteiger partial charge in [-0.25, -0.2) is 0 Å². The van der Waals surface area contributed by atoms with Crippen LogP contribution in [0.3, 0.4) is 0 Å². The van der Waals surface area contributed by atoms with Gasteiger partial charge in [-0.1, -0.05) is 41.0 Å². The van der Waals surface area contributed by atoms with E-state index in [0.29, 0.717) is 20.9 Å². The topological polar surface area (TPSA) is 59.3 Å². The number of nitrogens with one attached hydrogen (secondary N) is 1. The lowest BCUT2D eigenvalue weighted by Gasteiger charge is -2.12. The first-order valence-corrected chi connectivity index (χ1v) is 8.40. The van der Waals surface area contributed by atoms with E-state index in [-0.39, 0.29) is 11.2 Å². The Balaban J connectivity index is 1.74. The van der Waals surface area contributed by atoms with E-state index in [9.17, 15) is 4.79 Å². The number of rotatable bonds is 4. The van der Waals surface area contributed by atoms with Crippen molar-refractivity contribution in [3.63, 3.8) is 0 Å². The Kier molecular flexibility index (Phi) is 4.75. The molecule has 23 heavy (non-hydrogen) atoms. The first-order valence-electron chi connectivity index (χ1n) is 6.77. The Morgan fingerprint density at radius 3 is 2.91 bits per heavy atom. The van der Waals surface area contributed by atoms with Crippen LogP contribution in [0.5, 0.6) is 0 Å². The standard InChI is InChI=1S/C15H12Cl2N4OS/c1-9(14(22)18-12-8-10(16)5-6-11(12)17)23-15-20-19-13-4-2-3-7-21(13)15/h2-9H,1H3,(H,18,22)/t9-/m1/s1. The second-order valence-corrected chi connectivity index (χ2v) is 6.94. The van der Waals surface area contributed by atoms with E-state index in [1.54, 1.807) is 25.1 Å². The third kappa shape index (κ3) is 3.60. The molecule has 3 aromatic rings. The number of nitrogens with zero attached hydrogens (tertiary/aromatic N) is 3. The van der Waals surface area contributed by atoms with Gasteiger partial charge in [0.15, 0.2) is 10.8 Å². The van der Waals surface area contributed by atoms with Crippen LogP contribution >= 0.6 is 35.0 Å². The molecule has 0 spiro atoms. The zero-order valence-electron chi connectivity index (χ0n) is 12.0. The SMILES string of the molecule is C[C@@H](Sc1nnc2ccccn12)C(=O)Nc1cc(Cl)ccc1Cl. The highest BCUT2D eigenvalue weighted by molar-refractivity contribution is 8.00. The normalized spacial score (nSPS) is 12.3. The van der Waals surface area contributed by atoms with Gasteiger partial charge in [0.25, 0.3) is 0 Å². The quantitative estimate of drug-likeness (QED) is 0.704. The first-order chi connectivity index (χ1) is 11.0. The molecule has 3 rings (SSSR count). The molecule has 0 aliphatic rings. The summed E-state index contributed by atoms with van der Waals surface area (Å²) in [5.74, 6) is -0.188. The lowest BCUT2D eigenvalue weighted by molar-refractivity contribution is -0.115. The van der Waals surface area contributed by atoms with E-state index >= 15 is 0 Å². The van der Waals surface area contributed by atoms with Gasteiger partial charge in [0.1, 0.15) is 0 Å². The van der Waals surface area contributed by atoms with E-state index < -0.39 is 0 Å². The van der Waals surface area contributed by atoms with Gasteiger partial charge < -0.3 is 5.32 Å². The Morgan fingerprint density at radius 2 is 2.09 bits per heavy atom. The van der Waals surface area contributed by atoms with Crippen molar-refractivity contribution in [2.75, 3.05) is 5.32 Å². The van der Waals surface area contributed by atoms with Crippen molar-refractivity contribution >= 4 is 52.2 Å². The second-order valence-electron chi connectivity index (χ2n) is 4.78. The third-order valence-corrected chi connectivity index (χ3v) is 4.74. The number of hydrogen-bond acceptors (Lipinski definition) is 4. The van der Waals surface area contributed by atoms with Gasteiger partial charge in [0, 0.05) is 11.2 Å². The lowest BCUT2D eigenvalue weighted by Crippen LogP contribution is -2.22. The molecule has 1 aromatic carbocycles. The van der Waals surface area contributed by atoms with E-state index in [2.05, 4.69) is 15.5 Å². The van der Waals surface area contributed by atoms with Crippen molar-refractivity contribution < 1.29 is 4.79 Å². The van der Waals surface area contributed by atoms with Crippen molar-refractivity contribution in [3.05, 3.63) is 52.6 Å². The molecule has 0 bridgehead atoms. The van der Waals surface area contributed by atoms with E-state index in [0.717, 1.165) is 5.65 Å². The van der Waals surface area contributed by atoms with Crippen LogP contribution in [-0.4, -0.2) is 25.8 Å². The number of halogens is 2. The molecule has 2 heterocycles. The zero-order chi connectivity index (χ0) is 16.4. The number of fused-ring (bicyclic) bond motifs is 1. The number of anilines is 1. The van der Waals surface area contributed by atoms with E-state index in [1.165, 1.54) is 11.8 Å². The van der Waals surface area contributed by atoms with Crippen molar-refractivity contribution in [1.82, 2.24) is 14.6 Å². The van der Waals surface area contributed by atoms with Gasteiger partial charge >= 0.3 is 0 Å². The molecule has 8 heteroatoms. The molecule has 0 aliphatic heterocycles. The van der Waals surface area contributed by atoms with Crippen LogP contribution in [0.25, 0.3) is 5.65 Å². The Morgan fingerprint density at radius 1 is 1.26 bits per heavy atom. The monoisotopic (exact) mass is 366 g/mol. The summed E-state index contributed by atoms with van der Waals surface area (Å²) in [6, 6.07) is 10.6. The third-order valence-electron chi connectivity index (χ3n) is 3.12. The molecule has 1 N–H and O–H groups in total. The molecule has 2 aromatic heterocycles. The van der Waals surface area contributed by atoms with E-state index in [1.807, 2.05) is 28.8 Å². The Bertz CT molecular complexity index is 868. The fourth-order valence-corrected chi connectivity index (χ4v) is 3.11. The van der Waals surface area contributed by atoms with Crippen molar-refractivity contribution in [2.45, 2.75) is 17.3 Å². The summed E-state index contributed by atoms with van der Waals surface area (Å²) in [6.45, 7) is 1.79. The summed E-state index contributed by atoms with van der Waals surface area (Å²) in [6.07, 6.45) is 1.86. The van der Waals surface area contributed by atoms with Crippen LogP contribution < -0.4 is 5.32 Å². The van der Waals surface area contributed by atoms with Gasteiger partial charge in [-0.3, -0.25) is 9.20 Å². The van der Waals surface area contributed by atoms with Gasteiger partial charge in [-0.2, -0.15) is 0 Å².